The summed E-state index contributed by atoms with van der Waals surface area (Å²) >= 11 is 3.71. The Hall–Kier alpha value is -0.800. The molecule has 0 unspecified atom stereocenters. The second kappa shape index (κ2) is 23.1. The molecular weight excluding hydrogens is 525 g/mol. The van der Waals surface area contributed by atoms with Gasteiger partial charge in [0.25, 0.3) is 0 Å². The normalized spacial score (nSPS) is 11.3. The lowest BCUT2D eigenvalue weighted by Gasteiger charge is -2.03. The fourth-order valence-corrected chi connectivity index (χ4v) is 8.18. The molecule has 0 spiro atoms. The van der Waals surface area contributed by atoms with E-state index in [1.807, 2.05) is 0 Å². The third-order valence-corrected chi connectivity index (χ3v) is 10.4. The van der Waals surface area contributed by atoms with Crippen LogP contribution in [0.25, 0.3) is 0 Å². The van der Waals surface area contributed by atoms with E-state index in [-0.39, 0.29) is 15.6 Å². The maximum Gasteiger partial charge on any atom is 0.345 e. The van der Waals surface area contributed by atoms with Crippen LogP contribution in [0.2, 0.25) is 0 Å². The summed E-state index contributed by atoms with van der Waals surface area (Å²) in [5, 5.41) is 23.4. The third-order valence-electron chi connectivity index (χ3n) is 6.62. The molecule has 0 saturated carbocycles. The monoisotopic (exact) mass is 574 g/mol. The average Bonchev–Trinajstić information content (AvgIpc) is 3.24. The van der Waals surface area contributed by atoms with Crippen molar-refractivity contribution in [3.8, 4) is 0 Å². The molecule has 0 aliphatic heterocycles. The Labute approximate surface area is 237 Å². The highest BCUT2D eigenvalue weighted by Crippen LogP contribution is 2.51. The molecule has 0 amide bonds. The molecule has 1 aromatic heterocycles. The molecule has 9 heteroatoms. The van der Waals surface area contributed by atoms with E-state index in [9.17, 15) is 20.2 Å². The Kier molecular flexibility index (Phi) is 21.4. The van der Waals surface area contributed by atoms with Gasteiger partial charge in [0, 0.05) is 0 Å². The van der Waals surface area contributed by atoms with Gasteiger partial charge < -0.3 is 0 Å². The predicted octanol–water partition coefficient (Wildman–Crippen LogP) is 11.6. The van der Waals surface area contributed by atoms with Crippen LogP contribution >= 0.6 is 34.9 Å². The maximum absolute atomic E-state index is 11.8. The van der Waals surface area contributed by atoms with Gasteiger partial charge in [0.15, 0.2) is 4.90 Å². The lowest BCUT2D eigenvalue weighted by atomic mass is 10.1. The van der Waals surface area contributed by atoms with E-state index in [0.717, 1.165) is 42.8 Å². The summed E-state index contributed by atoms with van der Waals surface area (Å²) in [4.78, 5) is 22.9. The Bertz CT molecular complexity index is 743. The Morgan fingerprint density at radius 3 is 1.32 bits per heavy atom. The number of nitrogens with zero attached hydrogens (tertiary/aromatic N) is 2. The molecule has 6 nitrogen and oxygen atoms in total. The number of rotatable bonds is 26. The number of thioether (sulfide) groups is 2. The molecule has 0 aliphatic carbocycles. The molecule has 0 bridgehead atoms. The van der Waals surface area contributed by atoms with Gasteiger partial charge in [-0.15, -0.1) is 23.5 Å². The first kappa shape index (κ1) is 34.2. The summed E-state index contributed by atoms with van der Waals surface area (Å²) in [6.07, 6.45) is 24.7. The van der Waals surface area contributed by atoms with Crippen molar-refractivity contribution in [3.63, 3.8) is 0 Å². The van der Waals surface area contributed by atoms with Crippen molar-refractivity contribution in [1.29, 1.82) is 0 Å². The van der Waals surface area contributed by atoms with Crippen LogP contribution in [0, 0.1) is 20.2 Å². The second-order valence-electron chi connectivity index (χ2n) is 9.95. The highest BCUT2D eigenvalue weighted by molar-refractivity contribution is 8.02. The molecule has 1 heterocycles. The minimum Gasteiger partial charge on any atom is -0.258 e. The molecule has 1 aromatic rings. The van der Waals surface area contributed by atoms with E-state index in [1.165, 1.54) is 126 Å². The van der Waals surface area contributed by atoms with Crippen molar-refractivity contribution >= 4 is 45.5 Å². The van der Waals surface area contributed by atoms with Gasteiger partial charge in [-0.3, -0.25) is 20.2 Å². The fourth-order valence-electron chi connectivity index (χ4n) is 4.40. The van der Waals surface area contributed by atoms with Crippen LogP contribution in [-0.4, -0.2) is 21.4 Å². The topological polar surface area (TPSA) is 86.3 Å². The number of hydrogen-bond donors (Lipinski definition) is 0. The van der Waals surface area contributed by atoms with E-state index < -0.39 is 9.85 Å². The third kappa shape index (κ3) is 16.0. The van der Waals surface area contributed by atoms with Crippen LogP contribution in [0.5, 0.6) is 0 Å². The smallest absolute Gasteiger partial charge is 0.258 e. The van der Waals surface area contributed by atoms with Gasteiger partial charge in [0.1, 0.15) is 4.21 Å². The first-order valence-electron chi connectivity index (χ1n) is 14.7. The first-order chi connectivity index (χ1) is 18.0. The fraction of sp³-hybridized carbons (Fsp3) is 0.857. The van der Waals surface area contributed by atoms with Crippen molar-refractivity contribution in [1.82, 2.24) is 0 Å². The minimum absolute atomic E-state index is 0.0362. The van der Waals surface area contributed by atoms with E-state index in [4.69, 9.17) is 0 Å². The summed E-state index contributed by atoms with van der Waals surface area (Å²) in [5.74, 6) is 1.47. The molecule has 37 heavy (non-hydrogen) atoms. The lowest BCUT2D eigenvalue weighted by molar-refractivity contribution is -0.397. The van der Waals surface area contributed by atoms with Crippen LogP contribution in [0.4, 0.5) is 10.7 Å². The molecule has 0 radical (unpaired) electrons. The van der Waals surface area contributed by atoms with E-state index in [0.29, 0.717) is 9.96 Å². The van der Waals surface area contributed by atoms with Gasteiger partial charge >= 0.3 is 10.7 Å². The second-order valence-corrected chi connectivity index (χ2v) is 13.4. The first-order valence-corrected chi connectivity index (χ1v) is 17.5. The van der Waals surface area contributed by atoms with E-state index in [1.54, 1.807) is 0 Å². The van der Waals surface area contributed by atoms with Gasteiger partial charge in [0.2, 0.25) is 0 Å². The molecular formula is C28H50N2O4S3. The predicted molar refractivity (Wildman–Crippen MR) is 163 cm³/mol. The highest BCUT2D eigenvalue weighted by Gasteiger charge is 2.34. The number of thiophene rings is 1. The zero-order chi connectivity index (χ0) is 27.1. The standard InChI is InChI=1S/C28H50N2O4S3/c1-3-5-7-9-11-13-15-17-19-21-23-35-26-25(29(31)32)28(37-27(26)30(33)34)36-24-22-20-18-16-14-12-10-8-6-4-2/h3-24H2,1-2H3. The summed E-state index contributed by atoms with van der Waals surface area (Å²) in [5.41, 5.74) is -0.0362. The summed E-state index contributed by atoms with van der Waals surface area (Å²) < 4.78 is 0.498. The van der Waals surface area contributed by atoms with Crippen LogP contribution in [0.3, 0.4) is 0 Å². The summed E-state index contributed by atoms with van der Waals surface area (Å²) in [6.45, 7) is 4.47. The van der Waals surface area contributed by atoms with Gasteiger partial charge in [-0.1, -0.05) is 129 Å². The Balaban J connectivity index is 2.37. The van der Waals surface area contributed by atoms with Gasteiger partial charge in [-0.05, 0) is 35.7 Å². The zero-order valence-corrected chi connectivity index (χ0v) is 25.8. The zero-order valence-electron chi connectivity index (χ0n) is 23.3. The van der Waals surface area contributed by atoms with Gasteiger partial charge in [-0.25, -0.2) is 0 Å². The van der Waals surface area contributed by atoms with E-state index in [2.05, 4.69) is 13.8 Å². The number of nitro groups is 2. The lowest BCUT2D eigenvalue weighted by Crippen LogP contribution is -1.93. The van der Waals surface area contributed by atoms with Crippen molar-refractivity contribution in [2.24, 2.45) is 0 Å². The van der Waals surface area contributed by atoms with Crippen molar-refractivity contribution in [2.45, 2.75) is 151 Å². The molecule has 0 N–H and O–H groups in total. The Morgan fingerprint density at radius 2 is 0.946 bits per heavy atom. The molecule has 0 aromatic carbocycles. The largest absolute Gasteiger partial charge is 0.345 e. The molecule has 0 atom stereocenters. The van der Waals surface area contributed by atoms with Gasteiger partial charge in [-0.2, -0.15) is 0 Å². The SMILES string of the molecule is CCCCCCCCCCCCSc1sc([N+](=O)[O-])c(SCCCCCCCCCCCC)c1[N+](=O)[O-]. The van der Waals surface area contributed by atoms with Crippen LogP contribution in [-0.2, 0) is 0 Å². The van der Waals surface area contributed by atoms with Gasteiger partial charge in [0.05, 0.1) is 9.85 Å². The number of hydrogen-bond acceptors (Lipinski definition) is 7. The summed E-state index contributed by atoms with van der Waals surface area (Å²) in [7, 11) is 0. The van der Waals surface area contributed by atoms with Crippen LogP contribution in [0.1, 0.15) is 142 Å². The molecule has 0 saturated heterocycles. The van der Waals surface area contributed by atoms with Crippen molar-refractivity contribution < 1.29 is 9.85 Å². The molecule has 1 rings (SSSR count). The highest BCUT2D eigenvalue weighted by atomic mass is 32.2. The minimum atomic E-state index is -0.441. The molecule has 0 aliphatic rings. The van der Waals surface area contributed by atoms with Crippen molar-refractivity contribution in [2.75, 3.05) is 11.5 Å². The summed E-state index contributed by atoms with van der Waals surface area (Å²) in [6, 6.07) is 0. The van der Waals surface area contributed by atoms with Crippen LogP contribution in [0.15, 0.2) is 9.10 Å². The van der Waals surface area contributed by atoms with E-state index >= 15 is 0 Å². The van der Waals surface area contributed by atoms with Crippen molar-refractivity contribution in [3.05, 3.63) is 20.2 Å². The number of unbranched alkanes of at least 4 members (excludes halogenated alkanes) is 18. The average molecular weight is 575 g/mol. The maximum atomic E-state index is 11.8. The molecule has 0 fully saturated rings. The quantitative estimate of drug-likeness (QED) is 0.0473. The Morgan fingerprint density at radius 1 is 0.568 bits per heavy atom. The van der Waals surface area contributed by atoms with Crippen LogP contribution < -0.4 is 0 Å². The molecule has 214 valence electrons.